The van der Waals surface area contributed by atoms with E-state index in [1.54, 1.807) is 5.56 Å². The summed E-state index contributed by atoms with van der Waals surface area (Å²) in [6.45, 7) is 2.03. The van der Waals surface area contributed by atoms with Crippen molar-refractivity contribution in [2.45, 2.75) is 25.9 Å². The molecule has 1 N–H and O–H groups in total. The monoisotopic (exact) mass is 221 g/mol. The molecule has 17 heavy (non-hydrogen) atoms. The van der Waals surface area contributed by atoms with Gasteiger partial charge in [-0.1, -0.05) is 36.4 Å². The quantitative estimate of drug-likeness (QED) is 0.674. The Morgan fingerprint density at radius 2 is 1.76 bits per heavy atom. The Labute approximate surface area is 101 Å². The van der Waals surface area contributed by atoms with Crippen LogP contribution in [-0.2, 0) is 25.9 Å². The van der Waals surface area contributed by atoms with Crippen LogP contribution in [0.25, 0.3) is 10.8 Å². The molecule has 0 spiro atoms. The molecular formula is C16H15N. The molecule has 1 heterocycles. The van der Waals surface area contributed by atoms with E-state index < -0.39 is 0 Å². The molecule has 0 amide bonds. The van der Waals surface area contributed by atoms with Crippen LogP contribution in [0.4, 0.5) is 0 Å². The number of allylic oxidation sites excluding steroid dienone is 2. The van der Waals surface area contributed by atoms with Gasteiger partial charge in [0.25, 0.3) is 0 Å². The van der Waals surface area contributed by atoms with Crippen molar-refractivity contribution in [2.75, 3.05) is 0 Å². The smallest absolute Gasteiger partial charge is 0.0215 e. The summed E-state index contributed by atoms with van der Waals surface area (Å²) in [4.78, 5) is 0. The van der Waals surface area contributed by atoms with Crippen molar-refractivity contribution < 1.29 is 0 Å². The lowest BCUT2D eigenvalue weighted by Gasteiger charge is -2.23. The molecule has 0 aromatic heterocycles. The van der Waals surface area contributed by atoms with Crippen LogP contribution in [-0.4, -0.2) is 0 Å². The first kappa shape index (κ1) is 9.43. The standard InChI is InChI=1S/C16H15N/c1-2-6-14-11(4-1)8-13-10-17-9-12-5-3-7-15(14)16(12)13/h1-3,5,7-8,17H,4,6,9-10H2. The Bertz CT molecular complexity index is 638. The lowest BCUT2D eigenvalue weighted by molar-refractivity contribution is 0.682. The molecule has 1 aliphatic heterocycles. The number of rotatable bonds is 0. The van der Waals surface area contributed by atoms with Gasteiger partial charge in [-0.15, -0.1) is 0 Å². The fourth-order valence-electron chi connectivity index (χ4n) is 3.23. The molecule has 84 valence electrons. The predicted molar refractivity (Wildman–Crippen MR) is 71.0 cm³/mol. The minimum absolute atomic E-state index is 1.01. The topological polar surface area (TPSA) is 12.0 Å². The van der Waals surface area contributed by atoms with Crippen LogP contribution < -0.4 is 5.32 Å². The van der Waals surface area contributed by atoms with Crippen molar-refractivity contribution in [3.05, 3.63) is 58.7 Å². The fourth-order valence-corrected chi connectivity index (χ4v) is 3.23. The van der Waals surface area contributed by atoms with Gasteiger partial charge in [0, 0.05) is 13.1 Å². The first-order valence-corrected chi connectivity index (χ1v) is 6.34. The second-order valence-corrected chi connectivity index (χ2v) is 5.00. The molecule has 1 nitrogen and oxygen atoms in total. The maximum atomic E-state index is 3.49. The van der Waals surface area contributed by atoms with Gasteiger partial charge < -0.3 is 5.32 Å². The summed E-state index contributed by atoms with van der Waals surface area (Å²) >= 11 is 0. The SMILES string of the molecule is C1=CCc2c(cc3c4c(cccc24)CNC3)C1. The molecule has 0 atom stereocenters. The van der Waals surface area contributed by atoms with Gasteiger partial charge in [0.2, 0.25) is 0 Å². The summed E-state index contributed by atoms with van der Waals surface area (Å²) in [7, 11) is 0. The van der Waals surface area contributed by atoms with Crippen molar-refractivity contribution in [3.8, 4) is 0 Å². The summed E-state index contributed by atoms with van der Waals surface area (Å²) in [6, 6.07) is 9.17. The summed E-state index contributed by atoms with van der Waals surface area (Å²) in [5.41, 5.74) is 6.02. The minimum Gasteiger partial charge on any atom is -0.309 e. The third kappa shape index (κ3) is 1.29. The largest absolute Gasteiger partial charge is 0.309 e. The van der Waals surface area contributed by atoms with E-state index in [9.17, 15) is 0 Å². The average Bonchev–Trinajstić information content (AvgIpc) is 2.39. The summed E-state index contributed by atoms with van der Waals surface area (Å²) in [5.74, 6) is 0. The van der Waals surface area contributed by atoms with E-state index in [2.05, 4.69) is 41.7 Å². The lowest BCUT2D eigenvalue weighted by atomic mass is 9.86. The van der Waals surface area contributed by atoms with Crippen LogP contribution in [0.3, 0.4) is 0 Å². The highest BCUT2D eigenvalue weighted by Crippen LogP contribution is 2.33. The van der Waals surface area contributed by atoms with Crippen LogP contribution >= 0.6 is 0 Å². The molecule has 0 saturated heterocycles. The maximum Gasteiger partial charge on any atom is 0.0215 e. The normalized spacial score (nSPS) is 17.2. The number of benzene rings is 2. The summed E-state index contributed by atoms with van der Waals surface area (Å²) in [6.07, 6.45) is 6.80. The molecule has 0 unspecified atom stereocenters. The first-order valence-electron chi connectivity index (χ1n) is 6.34. The molecule has 4 rings (SSSR count). The van der Waals surface area contributed by atoms with E-state index in [1.165, 1.54) is 27.5 Å². The van der Waals surface area contributed by atoms with Crippen molar-refractivity contribution in [1.29, 1.82) is 0 Å². The van der Waals surface area contributed by atoms with Crippen LogP contribution in [0.2, 0.25) is 0 Å². The highest BCUT2D eigenvalue weighted by molar-refractivity contribution is 5.93. The van der Waals surface area contributed by atoms with Crippen LogP contribution in [0, 0.1) is 0 Å². The van der Waals surface area contributed by atoms with E-state index in [-0.39, 0.29) is 0 Å². The molecule has 0 fully saturated rings. The molecule has 2 aromatic carbocycles. The Kier molecular flexibility index (Phi) is 1.91. The number of nitrogens with one attached hydrogen (secondary N) is 1. The van der Waals surface area contributed by atoms with E-state index in [1.807, 2.05) is 0 Å². The summed E-state index contributed by atoms with van der Waals surface area (Å²) in [5, 5.41) is 6.49. The van der Waals surface area contributed by atoms with Gasteiger partial charge in [-0.05, 0) is 45.9 Å². The van der Waals surface area contributed by atoms with Crippen LogP contribution in [0.1, 0.15) is 22.3 Å². The second-order valence-electron chi connectivity index (χ2n) is 5.00. The van der Waals surface area contributed by atoms with Crippen molar-refractivity contribution in [1.82, 2.24) is 5.32 Å². The highest BCUT2D eigenvalue weighted by atomic mass is 14.9. The van der Waals surface area contributed by atoms with Gasteiger partial charge in [-0.3, -0.25) is 0 Å². The summed E-state index contributed by atoms with van der Waals surface area (Å²) < 4.78 is 0. The van der Waals surface area contributed by atoms with Crippen LogP contribution in [0.5, 0.6) is 0 Å². The first-order chi connectivity index (χ1) is 8.43. The predicted octanol–water partition coefficient (Wildman–Crippen LogP) is 3.10. The van der Waals surface area contributed by atoms with E-state index in [0.29, 0.717) is 0 Å². The van der Waals surface area contributed by atoms with Gasteiger partial charge in [-0.2, -0.15) is 0 Å². The van der Waals surface area contributed by atoms with Crippen LogP contribution in [0.15, 0.2) is 36.4 Å². The zero-order valence-corrected chi connectivity index (χ0v) is 9.79. The average molecular weight is 221 g/mol. The third-order valence-electron chi connectivity index (χ3n) is 3.99. The van der Waals surface area contributed by atoms with Gasteiger partial charge in [-0.25, -0.2) is 0 Å². The van der Waals surface area contributed by atoms with Gasteiger partial charge in [0.1, 0.15) is 0 Å². The number of hydrogen-bond acceptors (Lipinski definition) is 1. The second kappa shape index (κ2) is 3.44. The van der Waals surface area contributed by atoms with E-state index >= 15 is 0 Å². The van der Waals surface area contributed by atoms with Gasteiger partial charge in [0.05, 0.1) is 0 Å². The molecule has 2 aliphatic rings. The van der Waals surface area contributed by atoms with E-state index in [4.69, 9.17) is 0 Å². The minimum atomic E-state index is 1.01. The molecule has 0 radical (unpaired) electrons. The zero-order chi connectivity index (χ0) is 11.2. The van der Waals surface area contributed by atoms with Crippen molar-refractivity contribution in [3.63, 3.8) is 0 Å². The third-order valence-corrected chi connectivity index (χ3v) is 3.99. The Morgan fingerprint density at radius 3 is 2.76 bits per heavy atom. The maximum absolute atomic E-state index is 3.49. The number of hydrogen-bond donors (Lipinski definition) is 1. The molecule has 2 aromatic rings. The highest BCUT2D eigenvalue weighted by Gasteiger charge is 2.17. The lowest BCUT2D eigenvalue weighted by Crippen LogP contribution is -2.19. The molecule has 0 bridgehead atoms. The Hall–Kier alpha value is -1.60. The molecular weight excluding hydrogens is 206 g/mol. The Morgan fingerprint density at radius 1 is 0.882 bits per heavy atom. The number of fused-ring (bicyclic) bond motifs is 2. The molecule has 0 saturated carbocycles. The van der Waals surface area contributed by atoms with E-state index in [0.717, 1.165) is 25.9 Å². The Balaban J connectivity index is 2.15. The molecule has 1 aliphatic carbocycles. The fraction of sp³-hybridized carbons (Fsp3) is 0.250. The molecule has 1 heteroatoms. The van der Waals surface area contributed by atoms with Crippen molar-refractivity contribution in [2.24, 2.45) is 0 Å². The van der Waals surface area contributed by atoms with Gasteiger partial charge in [0.15, 0.2) is 0 Å². The zero-order valence-electron chi connectivity index (χ0n) is 9.79. The van der Waals surface area contributed by atoms with Gasteiger partial charge >= 0.3 is 0 Å². The van der Waals surface area contributed by atoms with Crippen molar-refractivity contribution >= 4 is 10.8 Å².